The number of fused-ring (bicyclic) bond motifs is 2. The number of rotatable bonds is 8. The maximum absolute atomic E-state index is 13.4. The van der Waals surface area contributed by atoms with Crippen LogP contribution in [0.3, 0.4) is 0 Å². The van der Waals surface area contributed by atoms with Crippen LogP contribution in [0.15, 0.2) is 96.2 Å². The molecule has 0 saturated heterocycles. The predicted molar refractivity (Wildman–Crippen MR) is 145 cm³/mol. The van der Waals surface area contributed by atoms with E-state index in [-0.39, 0.29) is 11.7 Å². The number of anilines is 1. The van der Waals surface area contributed by atoms with E-state index in [1.165, 1.54) is 11.8 Å². The number of carbonyl (C=O) groups excluding carboxylic acids is 1. The van der Waals surface area contributed by atoms with Crippen LogP contribution in [0.4, 0.5) is 5.69 Å². The number of aromatic nitrogens is 2. The molecule has 0 unspecified atom stereocenters. The predicted octanol–water partition coefficient (Wildman–Crippen LogP) is 6.72. The molecule has 5 aromatic rings. The molecule has 0 aliphatic carbocycles. The molecule has 0 spiro atoms. The fraction of sp³-hybridized carbons (Fsp3) is 0.172. The molecule has 0 radical (unpaired) electrons. The number of benzene rings is 4. The van der Waals surface area contributed by atoms with Crippen molar-refractivity contribution in [2.75, 3.05) is 23.8 Å². The number of carbonyl (C=O) groups is 1. The van der Waals surface area contributed by atoms with Gasteiger partial charge in [0.05, 0.1) is 29.1 Å². The van der Waals surface area contributed by atoms with Gasteiger partial charge in [-0.1, -0.05) is 60.3 Å². The Morgan fingerprint density at radius 1 is 0.914 bits per heavy atom. The fourth-order valence-electron chi connectivity index (χ4n) is 4.34. The zero-order valence-corrected chi connectivity index (χ0v) is 20.7. The van der Waals surface area contributed by atoms with Crippen molar-refractivity contribution < 1.29 is 9.53 Å². The highest BCUT2D eigenvalue weighted by molar-refractivity contribution is 7.99. The van der Waals surface area contributed by atoms with E-state index in [1.54, 1.807) is 0 Å². The lowest BCUT2D eigenvalue weighted by molar-refractivity contribution is -0.116. The lowest BCUT2D eigenvalue weighted by Crippen LogP contribution is -2.32. The molecule has 0 fully saturated rings. The average molecular weight is 482 g/mol. The van der Waals surface area contributed by atoms with Crippen LogP contribution in [0.25, 0.3) is 27.5 Å². The first kappa shape index (κ1) is 23.0. The van der Waals surface area contributed by atoms with Crippen molar-refractivity contribution in [3.8, 4) is 11.4 Å². The van der Waals surface area contributed by atoms with Crippen molar-refractivity contribution in [1.29, 1.82) is 0 Å². The summed E-state index contributed by atoms with van der Waals surface area (Å²) >= 11 is 1.46. The lowest BCUT2D eigenvalue weighted by atomic mass is 10.1. The van der Waals surface area contributed by atoms with Crippen molar-refractivity contribution >= 4 is 45.2 Å². The summed E-state index contributed by atoms with van der Waals surface area (Å²) in [7, 11) is 0. The fourth-order valence-corrected chi connectivity index (χ4v) is 5.24. The van der Waals surface area contributed by atoms with Crippen LogP contribution < -0.4 is 9.64 Å². The average Bonchev–Trinajstić information content (AvgIpc) is 3.27. The zero-order chi connectivity index (χ0) is 24.2. The monoisotopic (exact) mass is 481 g/mol. The Kier molecular flexibility index (Phi) is 6.73. The van der Waals surface area contributed by atoms with Gasteiger partial charge in [-0.3, -0.25) is 9.36 Å². The summed E-state index contributed by atoms with van der Waals surface area (Å²) in [5.41, 5.74) is 3.83. The molecule has 5 nitrogen and oxygen atoms in total. The molecule has 4 aromatic carbocycles. The summed E-state index contributed by atoms with van der Waals surface area (Å²) in [5, 5.41) is 3.00. The minimum Gasteiger partial charge on any atom is -0.494 e. The molecule has 0 atom stereocenters. The molecular weight excluding hydrogens is 454 g/mol. The van der Waals surface area contributed by atoms with Gasteiger partial charge in [-0.15, -0.1) is 0 Å². The lowest BCUT2D eigenvalue weighted by Gasteiger charge is -2.22. The normalized spacial score (nSPS) is 11.1. The summed E-state index contributed by atoms with van der Waals surface area (Å²) in [5.74, 6) is 1.18. The second kappa shape index (κ2) is 10.2. The van der Waals surface area contributed by atoms with Crippen LogP contribution in [0.1, 0.15) is 13.8 Å². The molecule has 0 bridgehead atoms. The van der Waals surface area contributed by atoms with Crippen LogP contribution in [-0.4, -0.2) is 34.4 Å². The first-order valence-corrected chi connectivity index (χ1v) is 12.8. The van der Waals surface area contributed by atoms with Gasteiger partial charge in [-0.2, -0.15) is 0 Å². The SMILES string of the molecule is CCOc1ccc(-n2c(SCC(=O)N(CC)c3cccc4ccccc34)nc3ccccc32)cc1. The number of amides is 1. The number of para-hydroxylation sites is 2. The molecule has 176 valence electrons. The Labute approximate surface area is 209 Å². The molecule has 0 aliphatic heterocycles. The van der Waals surface area contributed by atoms with Crippen LogP contribution in [-0.2, 0) is 4.79 Å². The van der Waals surface area contributed by atoms with Gasteiger partial charge in [0.15, 0.2) is 5.16 Å². The van der Waals surface area contributed by atoms with E-state index in [0.717, 1.165) is 44.1 Å². The minimum atomic E-state index is 0.0548. The van der Waals surface area contributed by atoms with E-state index in [9.17, 15) is 4.79 Å². The van der Waals surface area contributed by atoms with Crippen LogP contribution >= 0.6 is 11.8 Å². The van der Waals surface area contributed by atoms with Crippen molar-refractivity contribution in [3.05, 3.63) is 91.0 Å². The summed E-state index contributed by atoms with van der Waals surface area (Å²) < 4.78 is 7.71. The van der Waals surface area contributed by atoms with Gasteiger partial charge >= 0.3 is 0 Å². The summed E-state index contributed by atoms with van der Waals surface area (Å²) in [6, 6.07) is 30.3. The van der Waals surface area contributed by atoms with Gasteiger partial charge in [-0.25, -0.2) is 4.98 Å². The molecule has 0 aliphatic rings. The van der Waals surface area contributed by atoms with Gasteiger partial charge in [0.2, 0.25) is 5.91 Å². The van der Waals surface area contributed by atoms with Crippen LogP contribution in [0.2, 0.25) is 0 Å². The van der Waals surface area contributed by atoms with Gasteiger partial charge in [-0.05, 0) is 61.7 Å². The first-order valence-electron chi connectivity index (χ1n) is 11.8. The summed E-state index contributed by atoms with van der Waals surface area (Å²) in [6.45, 7) is 5.21. The Morgan fingerprint density at radius 3 is 2.46 bits per heavy atom. The number of thioether (sulfide) groups is 1. The molecule has 35 heavy (non-hydrogen) atoms. The molecule has 1 amide bonds. The minimum absolute atomic E-state index is 0.0548. The molecule has 6 heteroatoms. The van der Waals surface area contributed by atoms with Crippen LogP contribution in [0, 0.1) is 0 Å². The third kappa shape index (κ3) is 4.62. The van der Waals surface area contributed by atoms with E-state index >= 15 is 0 Å². The molecular formula is C29H27N3O2S. The summed E-state index contributed by atoms with van der Waals surface area (Å²) in [4.78, 5) is 20.1. The van der Waals surface area contributed by atoms with E-state index in [2.05, 4.69) is 28.8 Å². The second-order valence-electron chi connectivity index (χ2n) is 8.07. The van der Waals surface area contributed by atoms with E-state index in [0.29, 0.717) is 13.2 Å². The molecule has 0 N–H and O–H groups in total. The van der Waals surface area contributed by atoms with E-state index in [1.807, 2.05) is 85.5 Å². The molecule has 1 aromatic heterocycles. The maximum atomic E-state index is 13.4. The molecule has 1 heterocycles. The van der Waals surface area contributed by atoms with Gasteiger partial charge < -0.3 is 9.64 Å². The molecule has 0 saturated carbocycles. The number of hydrogen-bond donors (Lipinski definition) is 0. The van der Waals surface area contributed by atoms with E-state index < -0.39 is 0 Å². The van der Waals surface area contributed by atoms with Gasteiger partial charge in [0.25, 0.3) is 0 Å². The van der Waals surface area contributed by atoms with E-state index in [4.69, 9.17) is 9.72 Å². The van der Waals surface area contributed by atoms with Gasteiger partial charge in [0, 0.05) is 17.6 Å². The quantitative estimate of drug-likeness (QED) is 0.231. The maximum Gasteiger partial charge on any atom is 0.237 e. The number of ether oxygens (including phenoxy) is 1. The van der Waals surface area contributed by atoms with Crippen LogP contribution in [0.5, 0.6) is 5.75 Å². The largest absolute Gasteiger partial charge is 0.494 e. The zero-order valence-electron chi connectivity index (χ0n) is 19.8. The Morgan fingerprint density at radius 2 is 1.66 bits per heavy atom. The summed E-state index contributed by atoms with van der Waals surface area (Å²) in [6.07, 6.45) is 0. The first-order chi connectivity index (χ1) is 17.2. The second-order valence-corrected chi connectivity index (χ2v) is 9.01. The standard InChI is InChI=1S/C29H27N3O2S/c1-3-31(26-15-9-11-21-10-5-6-12-24(21)26)28(33)20-35-29-30-25-13-7-8-14-27(25)32(29)22-16-18-23(19-17-22)34-4-2/h5-19H,3-4,20H2,1-2H3. The number of hydrogen-bond acceptors (Lipinski definition) is 4. The Hall–Kier alpha value is -3.77. The topological polar surface area (TPSA) is 47.4 Å². The number of imidazole rings is 1. The van der Waals surface area contributed by atoms with Gasteiger partial charge in [0.1, 0.15) is 5.75 Å². The smallest absolute Gasteiger partial charge is 0.237 e. The van der Waals surface area contributed by atoms with Crippen molar-refractivity contribution in [1.82, 2.24) is 9.55 Å². The highest BCUT2D eigenvalue weighted by atomic mass is 32.2. The van der Waals surface area contributed by atoms with Crippen molar-refractivity contribution in [3.63, 3.8) is 0 Å². The number of nitrogens with zero attached hydrogens (tertiary/aromatic N) is 3. The third-order valence-electron chi connectivity index (χ3n) is 5.94. The Balaban J connectivity index is 1.44. The van der Waals surface area contributed by atoms with Crippen molar-refractivity contribution in [2.24, 2.45) is 0 Å². The molecule has 5 rings (SSSR count). The highest BCUT2D eigenvalue weighted by Crippen LogP contribution is 2.31. The highest BCUT2D eigenvalue weighted by Gasteiger charge is 2.19. The van der Waals surface area contributed by atoms with Crippen molar-refractivity contribution in [2.45, 2.75) is 19.0 Å². The Bertz CT molecular complexity index is 1470. The third-order valence-corrected chi connectivity index (χ3v) is 6.86.